The van der Waals surface area contributed by atoms with Crippen LogP contribution in [0.25, 0.3) is 0 Å². The van der Waals surface area contributed by atoms with Gasteiger partial charge >= 0.3 is 0 Å². The molecule has 2 amide bonds. The number of likely N-dealkylation sites (tertiary alicyclic amines) is 1. The minimum atomic E-state index is -0.655. The highest BCUT2D eigenvalue weighted by Crippen LogP contribution is 2.22. The van der Waals surface area contributed by atoms with E-state index in [1.807, 2.05) is 18.2 Å². The summed E-state index contributed by atoms with van der Waals surface area (Å²) in [6.07, 6.45) is -0.218. The van der Waals surface area contributed by atoms with Gasteiger partial charge in [0.05, 0.1) is 12.5 Å². The number of amides is 2. The number of hydrogen-bond donors (Lipinski definition) is 2. The van der Waals surface area contributed by atoms with E-state index < -0.39 is 6.10 Å². The first kappa shape index (κ1) is 15.8. The number of β-amino-alcohol motifs (C(OH)–C–C–N with tert-alkyl or cyclic N) is 1. The molecule has 2 N–H and O–H groups in total. The normalized spacial score (nSPS) is 21.4. The van der Waals surface area contributed by atoms with Crippen LogP contribution in [0.2, 0.25) is 5.02 Å². The summed E-state index contributed by atoms with van der Waals surface area (Å²) in [5.41, 5.74) is 0.772. The summed E-state index contributed by atoms with van der Waals surface area (Å²) in [6.45, 7) is 0.669. The molecule has 0 spiro atoms. The molecular formula is C15H19ClN2O3. The Morgan fingerprint density at radius 2 is 2.10 bits per heavy atom. The minimum Gasteiger partial charge on any atom is -0.391 e. The zero-order valence-corrected chi connectivity index (χ0v) is 12.6. The number of nitrogens with one attached hydrogen (secondary N) is 1. The first-order valence-electron chi connectivity index (χ1n) is 6.91. The number of carbonyl (C=O) groups is 2. The van der Waals surface area contributed by atoms with Crippen molar-refractivity contribution < 1.29 is 14.7 Å². The molecule has 6 heteroatoms. The third-order valence-corrected chi connectivity index (χ3v) is 4.15. The first-order chi connectivity index (χ1) is 10.0. The predicted octanol–water partition coefficient (Wildman–Crippen LogP) is 0.838. The molecule has 1 aliphatic heterocycles. The highest BCUT2D eigenvalue weighted by Gasteiger charge is 2.34. The Bertz CT molecular complexity index is 535. The highest BCUT2D eigenvalue weighted by atomic mass is 35.5. The van der Waals surface area contributed by atoms with Gasteiger partial charge in [0.25, 0.3) is 0 Å². The van der Waals surface area contributed by atoms with Crippen molar-refractivity contribution in [3.8, 4) is 0 Å². The molecule has 0 bridgehead atoms. The number of carbonyl (C=O) groups excluding carboxylic acids is 2. The molecule has 1 saturated heterocycles. The van der Waals surface area contributed by atoms with Crippen LogP contribution in [0.4, 0.5) is 0 Å². The van der Waals surface area contributed by atoms with Crippen LogP contribution in [0.5, 0.6) is 0 Å². The van der Waals surface area contributed by atoms with Crippen LogP contribution in [0.1, 0.15) is 12.0 Å². The van der Waals surface area contributed by atoms with Gasteiger partial charge in [-0.25, -0.2) is 0 Å². The number of aliphatic hydroxyl groups excluding tert-OH is 1. The molecule has 0 unspecified atom stereocenters. The maximum atomic E-state index is 12.3. The van der Waals surface area contributed by atoms with Crippen LogP contribution >= 0.6 is 11.6 Å². The van der Waals surface area contributed by atoms with Crippen molar-refractivity contribution in [1.82, 2.24) is 10.2 Å². The Labute approximate surface area is 128 Å². The van der Waals surface area contributed by atoms with Crippen LogP contribution < -0.4 is 5.32 Å². The Morgan fingerprint density at radius 1 is 1.38 bits per heavy atom. The van der Waals surface area contributed by atoms with Crippen molar-refractivity contribution in [3.05, 3.63) is 34.9 Å². The van der Waals surface area contributed by atoms with Gasteiger partial charge in [0.1, 0.15) is 0 Å². The SMILES string of the molecule is CNC(=O)C[C@H]1CN(C(=O)Cc2ccccc2Cl)C[C@@H]1O. The van der Waals surface area contributed by atoms with E-state index >= 15 is 0 Å². The number of halogens is 1. The van der Waals surface area contributed by atoms with E-state index in [1.165, 1.54) is 0 Å². The summed E-state index contributed by atoms with van der Waals surface area (Å²) in [7, 11) is 1.56. The topological polar surface area (TPSA) is 69.6 Å². The molecule has 0 aromatic heterocycles. The summed E-state index contributed by atoms with van der Waals surface area (Å²) in [6, 6.07) is 7.21. The van der Waals surface area contributed by atoms with Crippen LogP contribution in [-0.4, -0.2) is 48.1 Å². The second-order valence-corrected chi connectivity index (χ2v) is 5.68. The van der Waals surface area contributed by atoms with Gasteiger partial charge in [-0.05, 0) is 11.6 Å². The van der Waals surface area contributed by atoms with Crippen LogP contribution in [0.15, 0.2) is 24.3 Å². The number of rotatable bonds is 4. The average molecular weight is 311 g/mol. The van der Waals surface area contributed by atoms with Gasteiger partial charge in [0.2, 0.25) is 11.8 Å². The van der Waals surface area contributed by atoms with E-state index in [0.29, 0.717) is 11.6 Å². The lowest BCUT2D eigenvalue weighted by Gasteiger charge is -2.16. The number of benzene rings is 1. The van der Waals surface area contributed by atoms with Crippen molar-refractivity contribution in [2.24, 2.45) is 5.92 Å². The van der Waals surface area contributed by atoms with E-state index in [9.17, 15) is 14.7 Å². The molecule has 0 radical (unpaired) electrons. The lowest BCUT2D eigenvalue weighted by molar-refractivity contribution is -0.130. The molecule has 0 aliphatic carbocycles. The molecule has 2 atom stereocenters. The van der Waals surface area contributed by atoms with Gasteiger partial charge in [0, 0.05) is 37.5 Å². The number of nitrogens with zero attached hydrogens (tertiary/aromatic N) is 1. The fourth-order valence-corrected chi connectivity index (χ4v) is 2.72. The summed E-state index contributed by atoms with van der Waals surface area (Å²) in [5.74, 6) is -0.416. The molecular weight excluding hydrogens is 292 g/mol. The van der Waals surface area contributed by atoms with Gasteiger partial charge in [0.15, 0.2) is 0 Å². The fourth-order valence-electron chi connectivity index (χ4n) is 2.52. The Morgan fingerprint density at radius 3 is 2.76 bits per heavy atom. The van der Waals surface area contributed by atoms with Crippen molar-refractivity contribution in [2.75, 3.05) is 20.1 Å². The molecule has 2 rings (SSSR count). The zero-order chi connectivity index (χ0) is 15.4. The standard InChI is InChI=1S/C15H19ClN2O3/c1-17-14(20)6-11-8-18(9-13(11)19)15(21)7-10-4-2-3-5-12(10)16/h2-5,11,13,19H,6-9H2,1H3,(H,17,20)/t11-,13-/m0/s1. The van der Waals surface area contributed by atoms with Crippen molar-refractivity contribution in [3.63, 3.8) is 0 Å². The molecule has 21 heavy (non-hydrogen) atoms. The summed E-state index contributed by atoms with van der Waals surface area (Å²) >= 11 is 6.05. The molecule has 1 heterocycles. The van der Waals surface area contributed by atoms with Gasteiger partial charge < -0.3 is 15.3 Å². The molecule has 5 nitrogen and oxygen atoms in total. The van der Waals surface area contributed by atoms with Crippen LogP contribution in [0.3, 0.4) is 0 Å². The molecule has 1 fully saturated rings. The van der Waals surface area contributed by atoms with Gasteiger partial charge in [-0.1, -0.05) is 29.8 Å². The fraction of sp³-hybridized carbons (Fsp3) is 0.467. The highest BCUT2D eigenvalue weighted by molar-refractivity contribution is 6.31. The van der Waals surface area contributed by atoms with E-state index in [2.05, 4.69) is 5.32 Å². The van der Waals surface area contributed by atoms with E-state index in [1.54, 1.807) is 18.0 Å². The summed E-state index contributed by atoms with van der Waals surface area (Å²) in [5, 5.41) is 13.1. The Balaban J connectivity index is 1.95. The monoisotopic (exact) mass is 310 g/mol. The molecule has 114 valence electrons. The Kier molecular flexibility index (Phi) is 5.20. The van der Waals surface area contributed by atoms with Crippen LogP contribution in [-0.2, 0) is 16.0 Å². The average Bonchev–Trinajstić information content (AvgIpc) is 2.82. The molecule has 0 saturated carbocycles. The second kappa shape index (κ2) is 6.91. The van der Waals surface area contributed by atoms with E-state index in [0.717, 1.165) is 5.56 Å². The molecule has 1 aliphatic rings. The smallest absolute Gasteiger partial charge is 0.227 e. The largest absolute Gasteiger partial charge is 0.391 e. The first-order valence-corrected chi connectivity index (χ1v) is 7.29. The lowest BCUT2D eigenvalue weighted by atomic mass is 10.0. The summed E-state index contributed by atoms with van der Waals surface area (Å²) < 4.78 is 0. The third kappa shape index (κ3) is 3.95. The quantitative estimate of drug-likeness (QED) is 0.866. The van der Waals surface area contributed by atoms with Crippen molar-refractivity contribution in [1.29, 1.82) is 0 Å². The van der Waals surface area contributed by atoms with Crippen LogP contribution in [0, 0.1) is 5.92 Å². The van der Waals surface area contributed by atoms with Crippen molar-refractivity contribution in [2.45, 2.75) is 18.9 Å². The van der Waals surface area contributed by atoms with Gasteiger partial charge in [-0.2, -0.15) is 0 Å². The number of aliphatic hydroxyl groups is 1. The lowest BCUT2D eigenvalue weighted by Crippen LogP contribution is -2.31. The summed E-state index contributed by atoms with van der Waals surface area (Å²) in [4.78, 5) is 25.3. The van der Waals surface area contributed by atoms with E-state index in [-0.39, 0.29) is 37.1 Å². The van der Waals surface area contributed by atoms with Gasteiger partial charge in [-0.3, -0.25) is 9.59 Å². The second-order valence-electron chi connectivity index (χ2n) is 5.27. The third-order valence-electron chi connectivity index (χ3n) is 3.79. The minimum absolute atomic E-state index is 0.0819. The Hall–Kier alpha value is -1.59. The maximum Gasteiger partial charge on any atom is 0.227 e. The maximum absolute atomic E-state index is 12.3. The van der Waals surface area contributed by atoms with Crippen molar-refractivity contribution >= 4 is 23.4 Å². The molecule has 1 aromatic rings. The van der Waals surface area contributed by atoms with Gasteiger partial charge in [-0.15, -0.1) is 0 Å². The molecule has 1 aromatic carbocycles. The predicted molar refractivity (Wildman–Crippen MR) is 79.9 cm³/mol. The van der Waals surface area contributed by atoms with E-state index in [4.69, 9.17) is 11.6 Å². The number of hydrogen-bond acceptors (Lipinski definition) is 3. The zero-order valence-electron chi connectivity index (χ0n) is 11.9.